The fourth-order valence-corrected chi connectivity index (χ4v) is 9.33. The molecule has 0 aliphatic carbocycles. The molecule has 3 rings (SSSR count). The number of hydrogen-bond acceptors (Lipinski definition) is 16. The summed E-state index contributed by atoms with van der Waals surface area (Å²) >= 11 is 4.21. The van der Waals surface area contributed by atoms with Gasteiger partial charge in [-0.15, -0.1) is 0 Å². The van der Waals surface area contributed by atoms with Crippen molar-refractivity contribution < 1.29 is 72.9 Å². The van der Waals surface area contributed by atoms with Gasteiger partial charge in [0, 0.05) is 38.2 Å². The standard InChI is InChI=1S/C51H80N14O15S/c1-5-27(4)41(50(79)80)63-48(77)36-10-7-20-65(36)49(78)37-11-8-19-64(37)39(68)24-57-43(72)31(16-17-40(69)70)58-44(73)32(21-26(2)3)60-46(75)34(23-38(53)67)61-47(76)35(25-81)62-45(74)33(22-28-12-14-29(66)15-13-28)59-42(71)30(52)9-6-18-56-51(54)55/h12-15,26-27,30-37,41,66,81H,5-11,16-25,52H2,1-4H3,(H2,53,67)(H,57,72)(H,58,73)(H,59,71)(H,60,75)(H,61,76)(H,62,74)(H,63,77)(H,69,70)(H,79,80)(H4,54,55,56)/t27-,30-,31-,32-,33-,34-,35-,36-,37-,41-/m0/s1. The van der Waals surface area contributed by atoms with E-state index in [4.69, 9.17) is 22.9 Å². The number of benzene rings is 1. The summed E-state index contributed by atoms with van der Waals surface area (Å²) in [6.45, 7) is 6.63. The third-order valence-electron chi connectivity index (χ3n) is 13.7. The van der Waals surface area contributed by atoms with Crippen molar-refractivity contribution in [2.24, 2.45) is 39.8 Å². The van der Waals surface area contributed by atoms with Gasteiger partial charge in [0.2, 0.25) is 59.1 Å². The number of nitrogens with zero attached hydrogens (tertiary/aromatic N) is 3. The molecule has 0 unspecified atom stereocenters. The quantitative estimate of drug-likeness (QED) is 0.0139. The molecule has 2 aliphatic heterocycles. The smallest absolute Gasteiger partial charge is 0.326 e. The number of nitrogens with two attached hydrogens (primary N) is 4. The Bertz CT molecular complexity index is 2450. The Morgan fingerprint density at radius 1 is 0.704 bits per heavy atom. The molecule has 2 saturated heterocycles. The number of carboxylic acid groups (broad SMARTS) is 2. The molecule has 1 aromatic rings. The van der Waals surface area contributed by atoms with Gasteiger partial charge in [-0.25, -0.2) is 4.79 Å². The van der Waals surface area contributed by atoms with Crippen molar-refractivity contribution in [3.05, 3.63) is 29.8 Å². The van der Waals surface area contributed by atoms with Crippen LogP contribution in [0.2, 0.25) is 0 Å². The first kappa shape index (κ1) is 67.5. The molecule has 10 atom stereocenters. The van der Waals surface area contributed by atoms with Crippen LogP contribution in [0.15, 0.2) is 29.3 Å². The minimum atomic E-state index is -1.77. The van der Waals surface area contributed by atoms with Crippen LogP contribution < -0.4 is 60.2 Å². The molecule has 2 fully saturated rings. The van der Waals surface area contributed by atoms with Gasteiger partial charge in [-0.05, 0) is 80.9 Å². The number of aromatic hydroxyl groups is 1. The topological polar surface area (TPSA) is 473 Å². The van der Waals surface area contributed by atoms with Gasteiger partial charge in [-0.1, -0.05) is 46.2 Å². The number of likely N-dealkylation sites (tertiary alicyclic amines) is 2. The fourth-order valence-electron chi connectivity index (χ4n) is 9.08. The molecule has 2 heterocycles. The molecule has 0 spiro atoms. The lowest BCUT2D eigenvalue weighted by Gasteiger charge is -2.32. The number of aliphatic carboxylic acids is 2. The molecule has 30 heteroatoms. The van der Waals surface area contributed by atoms with E-state index in [1.165, 1.54) is 34.1 Å². The highest BCUT2D eigenvalue weighted by molar-refractivity contribution is 7.80. The van der Waals surface area contributed by atoms with E-state index in [0.717, 1.165) is 0 Å². The molecule has 2 aliphatic rings. The Morgan fingerprint density at radius 3 is 1.84 bits per heavy atom. The van der Waals surface area contributed by atoms with Crippen LogP contribution in [0.4, 0.5) is 0 Å². The number of carbonyl (C=O) groups is 12. The lowest BCUT2D eigenvalue weighted by atomic mass is 9.98. The van der Waals surface area contributed by atoms with Crippen molar-refractivity contribution in [1.82, 2.24) is 47.0 Å². The lowest BCUT2D eigenvalue weighted by molar-refractivity contribution is -0.148. The average molecular weight is 1160 g/mol. The van der Waals surface area contributed by atoms with E-state index in [1.807, 2.05) is 0 Å². The van der Waals surface area contributed by atoms with Crippen molar-refractivity contribution >= 4 is 89.6 Å². The molecule has 0 radical (unpaired) electrons. The summed E-state index contributed by atoms with van der Waals surface area (Å²) < 4.78 is 0. The number of rotatable bonds is 33. The summed E-state index contributed by atoms with van der Waals surface area (Å²) in [5, 5.41) is 46.3. The number of phenols is 1. The zero-order chi connectivity index (χ0) is 60.7. The van der Waals surface area contributed by atoms with Crippen molar-refractivity contribution in [3.8, 4) is 5.75 Å². The first-order chi connectivity index (χ1) is 38.2. The number of phenolic OH excluding ortho intramolecular Hbond substituents is 1. The molecule has 29 nitrogen and oxygen atoms in total. The van der Waals surface area contributed by atoms with Gasteiger partial charge in [0.15, 0.2) is 5.96 Å². The minimum Gasteiger partial charge on any atom is -0.508 e. The third kappa shape index (κ3) is 22.0. The van der Waals surface area contributed by atoms with Crippen LogP contribution in [0.3, 0.4) is 0 Å². The summed E-state index contributed by atoms with van der Waals surface area (Å²) in [7, 11) is 0. The maximum atomic E-state index is 14.0. The SMILES string of the molecule is CC[C@H](C)[C@H](NC(=O)[C@@H]1CCCN1C(=O)[C@@H]1CCCN1C(=O)CNC(=O)[C@H](CCC(=O)O)NC(=O)[C@H](CC(C)C)NC(=O)[C@H](CC(N)=O)NC(=O)[C@H](CS)NC(=O)[C@H](Cc1ccc(O)cc1)NC(=O)[C@@H](N)CCCN=C(N)N)C(=O)O. The molecule has 0 aromatic heterocycles. The van der Waals surface area contributed by atoms with Gasteiger partial charge in [-0.2, -0.15) is 12.6 Å². The molecule has 10 amide bonds. The minimum absolute atomic E-state index is 0.0709. The number of primary amides is 1. The first-order valence-corrected chi connectivity index (χ1v) is 27.4. The zero-order valence-corrected chi connectivity index (χ0v) is 46.9. The maximum Gasteiger partial charge on any atom is 0.326 e. The van der Waals surface area contributed by atoms with Crippen molar-refractivity contribution in [2.75, 3.05) is 31.9 Å². The van der Waals surface area contributed by atoms with Gasteiger partial charge in [0.25, 0.3) is 0 Å². The van der Waals surface area contributed by atoms with Gasteiger partial charge in [0.05, 0.1) is 19.0 Å². The van der Waals surface area contributed by atoms with Crippen molar-refractivity contribution in [3.63, 3.8) is 0 Å². The van der Waals surface area contributed by atoms with E-state index >= 15 is 0 Å². The molecule has 1 aromatic carbocycles. The summed E-state index contributed by atoms with van der Waals surface area (Å²) in [5.74, 6) is -12.6. The molecule has 0 bridgehead atoms. The number of amides is 10. The Hall–Kier alpha value is -7.76. The number of aliphatic imine (C=N–C) groups is 1. The second-order valence-electron chi connectivity index (χ2n) is 20.5. The number of carbonyl (C=O) groups excluding carboxylic acids is 10. The summed E-state index contributed by atoms with van der Waals surface area (Å²) in [5.41, 5.74) is 22.8. The van der Waals surface area contributed by atoms with E-state index in [1.54, 1.807) is 27.7 Å². The largest absolute Gasteiger partial charge is 0.508 e. The fraction of sp³-hybridized carbons (Fsp3) is 0.627. The Morgan fingerprint density at radius 2 is 1.26 bits per heavy atom. The van der Waals surface area contributed by atoms with Gasteiger partial charge < -0.3 is 85.3 Å². The molecule has 0 saturated carbocycles. The second-order valence-corrected chi connectivity index (χ2v) is 20.9. The molecular formula is C51H80N14O15S. The first-order valence-electron chi connectivity index (χ1n) is 26.8. The highest BCUT2D eigenvalue weighted by Crippen LogP contribution is 2.26. The predicted molar refractivity (Wildman–Crippen MR) is 295 cm³/mol. The predicted octanol–water partition coefficient (Wildman–Crippen LogP) is -3.83. The lowest BCUT2D eigenvalue weighted by Crippen LogP contribution is -2.60. The monoisotopic (exact) mass is 1160 g/mol. The van der Waals surface area contributed by atoms with Crippen LogP contribution in [-0.2, 0) is 64.0 Å². The van der Waals surface area contributed by atoms with Crippen LogP contribution in [0, 0.1) is 11.8 Å². The number of guanidine groups is 1. The van der Waals surface area contributed by atoms with Crippen LogP contribution in [0.25, 0.3) is 0 Å². The van der Waals surface area contributed by atoms with Gasteiger partial charge >= 0.3 is 11.9 Å². The van der Waals surface area contributed by atoms with E-state index in [2.05, 4.69) is 54.8 Å². The number of hydrogen-bond donors (Lipinski definition) is 15. The molecule has 450 valence electrons. The van der Waals surface area contributed by atoms with Gasteiger partial charge in [0.1, 0.15) is 54.1 Å². The Kier molecular flexibility index (Phi) is 27.6. The Balaban J connectivity index is 1.75. The summed E-state index contributed by atoms with van der Waals surface area (Å²) in [6.07, 6.45) is 0.0788. The highest BCUT2D eigenvalue weighted by atomic mass is 32.1. The average Bonchev–Trinajstić information content (AvgIpc) is 4.12. The van der Waals surface area contributed by atoms with Crippen LogP contribution >= 0.6 is 12.6 Å². The van der Waals surface area contributed by atoms with Crippen molar-refractivity contribution in [2.45, 2.75) is 159 Å². The normalized spacial score (nSPS) is 17.8. The second kappa shape index (κ2) is 33.1. The van der Waals surface area contributed by atoms with Crippen LogP contribution in [0.1, 0.15) is 104 Å². The Labute approximate surface area is 474 Å². The summed E-state index contributed by atoms with van der Waals surface area (Å²) in [6, 6.07) is -6.31. The van der Waals surface area contributed by atoms with Crippen LogP contribution in [-0.4, -0.2) is 188 Å². The molecule has 18 N–H and O–H groups in total. The van der Waals surface area contributed by atoms with E-state index < -0.39 is 157 Å². The number of nitrogens with one attached hydrogen (secondary N) is 7. The highest BCUT2D eigenvalue weighted by Gasteiger charge is 2.43. The van der Waals surface area contributed by atoms with Crippen molar-refractivity contribution in [1.29, 1.82) is 0 Å². The number of carboxylic acids is 2. The number of thiol groups is 1. The van der Waals surface area contributed by atoms with E-state index in [9.17, 15) is 72.9 Å². The molecular weight excluding hydrogens is 1080 g/mol. The van der Waals surface area contributed by atoms with E-state index in [-0.39, 0.29) is 75.1 Å². The van der Waals surface area contributed by atoms with E-state index in [0.29, 0.717) is 31.2 Å². The molecule has 81 heavy (non-hydrogen) atoms. The zero-order valence-electron chi connectivity index (χ0n) is 46.0. The third-order valence-corrected chi connectivity index (χ3v) is 14.0. The van der Waals surface area contributed by atoms with Gasteiger partial charge in [-0.3, -0.25) is 57.7 Å². The summed E-state index contributed by atoms with van der Waals surface area (Å²) in [4.78, 5) is 166. The maximum absolute atomic E-state index is 14.0. The van der Waals surface area contributed by atoms with Crippen LogP contribution in [0.5, 0.6) is 5.75 Å².